The number of nitrogens with two attached hydrogens (primary N) is 1. The second kappa shape index (κ2) is 7.01. The number of rotatable bonds is 5. The van der Waals surface area contributed by atoms with Gasteiger partial charge in [0.25, 0.3) is 5.91 Å². The van der Waals surface area contributed by atoms with E-state index in [0.29, 0.717) is 11.5 Å². The van der Waals surface area contributed by atoms with Gasteiger partial charge in [0.05, 0.1) is 0 Å². The van der Waals surface area contributed by atoms with Crippen LogP contribution in [0.15, 0.2) is 78.9 Å². The Morgan fingerprint density at radius 2 is 1.70 bits per heavy atom. The van der Waals surface area contributed by atoms with E-state index in [4.69, 9.17) is 5.73 Å². The lowest BCUT2D eigenvalue weighted by Gasteiger charge is -2.11. The molecular weight excluding hydrogens is 332 g/mol. The van der Waals surface area contributed by atoms with Crippen molar-refractivity contribution in [1.29, 1.82) is 0 Å². The molecule has 0 heterocycles. The van der Waals surface area contributed by atoms with Crippen molar-refractivity contribution in [3.05, 3.63) is 90.0 Å². The third-order valence-corrected chi connectivity index (χ3v) is 5.58. The van der Waals surface area contributed by atoms with Crippen LogP contribution >= 0.6 is 0 Å². The van der Waals surface area contributed by atoms with Crippen molar-refractivity contribution in [2.45, 2.75) is 31.2 Å². The van der Waals surface area contributed by atoms with E-state index in [1.54, 1.807) is 0 Å². The maximum absolute atomic E-state index is 12.6. The standard InChI is InChI=1S/C24H24N2O/c1-2-24(25)16-22(24)20-9-6-10-21(15-20)26-23(27)19-13-11-18(12-14-19)17-7-4-3-5-8-17/h3-15,22H,2,16,25H2,1H3,(H,26,27)/t22-,24+/m0/s1. The Balaban J connectivity index is 1.47. The average molecular weight is 356 g/mol. The van der Waals surface area contributed by atoms with Gasteiger partial charge < -0.3 is 11.1 Å². The smallest absolute Gasteiger partial charge is 0.255 e. The SMILES string of the molecule is CC[C@@]1(N)C[C@H]1c1cccc(NC(=O)c2ccc(-c3ccccc3)cc2)c1. The Morgan fingerprint density at radius 3 is 2.37 bits per heavy atom. The van der Waals surface area contributed by atoms with E-state index in [1.165, 1.54) is 5.56 Å². The number of carbonyl (C=O) groups excluding carboxylic acids is 1. The molecule has 2 atom stereocenters. The summed E-state index contributed by atoms with van der Waals surface area (Å²) in [6.07, 6.45) is 1.99. The second-order valence-electron chi connectivity index (χ2n) is 7.37. The number of benzene rings is 3. The highest BCUT2D eigenvalue weighted by molar-refractivity contribution is 6.04. The highest BCUT2D eigenvalue weighted by Crippen LogP contribution is 2.51. The molecule has 0 saturated heterocycles. The fraction of sp³-hybridized carbons (Fsp3) is 0.208. The molecule has 1 amide bonds. The molecule has 1 fully saturated rings. The summed E-state index contributed by atoms with van der Waals surface area (Å²) >= 11 is 0. The Hall–Kier alpha value is -2.91. The van der Waals surface area contributed by atoms with Crippen molar-refractivity contribution in [3.8, 4) is 11.1 Å². The van der Waals surface area contributed by atoms with E-state index >= 15 is 0 Å². The van der Waals surface area contributed by atoms with Crippen molar-refractivity contribution >= 4 is 11.6 Å². The van der Waals surface area contributed by atoms with Crippen LogP contribution in [0.2, 0.25) is 0 Å². The molecule has 0 unspecified atom stereocenters. The number of amides is 1. The monoisotopic (exact) mass is 356 g/mol. The van der Waals surface area contributed by atoms with Gasteiger partial charge in [-0.15, -0.1) is 0 Å². The van der Waals surface area contributed by atoms with Crippen molar-refractivity contribution in [1.82, 2.24) is 0 Å². The lowest BCUT2D eigenvalue weighted by molar-refractivity contribution is 0.102. The molecule has 136 valence electrons. The zero-order chi connectivity index (χ0) is 18.9. The molecule has 0 bridgehead atoms. The largest absolute Gasteiger partial charge is 0.325 e. The van der Waals surface area contributed by atoms with Gasteiger partial charge in [0.1, 0.15) is 0 Å². The lowest BCUT2D eigenvalue weighted by Crippen LogP contribution is -2.22. The van der Waals surface area contributed by atoms with Crippen LogP contribution in [0.25, 0.3) is 11.1 Å². The quantitative estimate of drug-likeness (QED) is 0.660. The molecule has 1 saturated carbocycles. The van der Waals surface area contributed by atoms with Crippen LogP contribution < -0.4 is 11.1 Å². The van der Waals surface area contributed by atoms with Crippen LogP contribution in [-0.4, -0.2) is 11.4 Å². The third kappa shape index (κ3) is 3.64. The Morgan fingerprint density at radius 1 is 1.00 bits per heavy atom. The summed E-state index contributed by atoms with van der Waals surface area (Å²) in [4.78, 5) is 12.6. The van der Waals surface area contributed by atoms with Gasteiger partial charge in [-0.3, -0.25) is 4.79 Å². The fourth-order valence-electron chi connectivity index (χ4n) is 3.64. The van der Waals surface area contributed by atoms with Crippen molar-refractivity contribution in [2.24, 2.45) is 5.73 Å². The Bertz CT molecular complexity index is 950. The average Bonchev–Trinajstić information content (AvgIpc) is 3.41. The van der Waals surface area contributed by atoms with E-state index in [0.717, 1.165) is 29.7 Å². The summed E-state index contributed by atoms with van der Waals surface area (Å²) in [5.74, 6) is 0.293. The molecule has 3 aromatic carbocycles. The number of hydrogen-bond donors (Lipinski definition) is 2. The topological polar surface area (TPSA) is 55.1 Å². The van der Waals surface area contributed by atoms with Gasteiger partial charge in [0.15, 0.2) is 0 Å². The summed E-state index contributed by atoms with van der Waals surface area (Å²) in [6, 6.07) is 25.9. The van der Waals surface area contributed by atoms with Gasteiger partial charge in [0, 0.05) is 22.7 Å². The van der Waals surface area contributed by atoms with Crippen molar-refractivity contribution in [3.63, 3.8) is 0 Å². The Labute approximate surface area is 160 Å². The first-order chi connectivity index (χ1) is 13.1. The number of hydrogen-bond acceptors (Lipinski definition) is 2. The first-order valence-corrected chi connectivity index (χ1v) is 9.45. The molecule has 1 aliphatic rings. The minimum Gasteiger partial charge on any atom is -0.325 e. The fourth-order valence-corrected chi connectivity index (χ4v) is 3.64. The van der Waals surface area contributed by atoms with E-state index in [2.05, 4.69) is 30.4 Å². The third-order valence-electron chi connectivity index (χ3n) is 5.58. The van der Waals surface area contributed by atoms with E-state index < -0.39 is 0 Å². The predicted octanol–water partition coefficient (Wildman–Crippen LogP) is 5.20. The van der Waals surface area contributed by atoms with Crippen molar-refractivity contribution in [2.75, 3.05) is 5.32 Å². The number of anilines is 1. The summed E-state index contributed by atoms with van der Waals surface area (Å²) in [6.45, 7) is 2.13. The molecule has 1 aliphatic carbocycles. The maximum atomic E-state index is 12.6. The van der Waals surface area contributed by atoms with Crippen LogP contribution in [0.5, 0.6) is 0 Å². The highest BCUT2D eigenvalue weighted by Gasteiger charge is 2.49. The van der Waals surface area contributed by atoms with Gasteiger partial charge in [-0.25, -0.2) is 0 Å². The summed E-state index contributed by atoms with van der Waals surface area (Å²) in [7, 11) is 0. The van der Waals surface area contributed by atoms with Crippen molar-refractivity contribution < 1.29 is 4.79 Å². The molecule has 3 N–H and O–H groups in total. The highest BCUT2D eigenvalue weighted by atomic mass is 16.1. The molecule has 3 nitrogen and oxygen atoms in total. The van der Waals surface area contributed by atoms with Crippen LogP contribution in [-0.2, 0) is 0 Å². The second-order valence-corrected chi connectivity index (χ2v) is 7.37. The van der Waals surface area contributed by atoms with Crippen LogP contribution in [0.3, 0.4) is 0 Å². The zero-order valence-electron chi connectivity index (χ0n) is 15.5. The first kappa shape index (κ1) is 17.5. The molecule has 0 aromatic heterocycles. The molecule has 27 heavy (non-hydrogen) atoms. The van der Waals surface area contributed by atoms with E-state index in [-0.39, 0.29) is 11.4 Å². The summed E-state index contributed by atoms with van der Waals surface area (Å²) in [5, 5.41) is 3.01. The van der Waals surface area contributed by atoms with Crippen LogP contribution in [0, 0.1) is 0 Å². The molecule has 0 spiro atoms. The van der Waals surface area contributed by atoms with Gasteiger partial charge in [0.2, 0.25) is 0 Å². The first-order valence-electron chi connectivity index (χ1n) is 9.45. The Kier molecular flexibility index (Phi) is 4.54. The molecule has 0 radical (unpaired) electrons. The number of carbonyl (C=O) groups is 1. The van der Waals surface area contributed by atoms with E-state index in [9.17, 15) is 4.79 Å². The van der Waals surface area contributed by atoms with Gasteiger partial charge in [-0.2, -0.15) is 0 Å². The molecule has 3 heteroatoms. The normalized spacial score (nSPS) is 20.9. The maximum Gasteiger partial charge on any atom is 0.255 e. The van der Waals surface area contributed by atoms with Crippen LogP contribution in [0.4, 0.5) is 5.69 Å². The van der Waals surface area contributed by atoms with E-state index in [1.807, 2.05) is 60.7 Å². The number of nitrogens with one attached hydrogen (secondary N) is 1. The molecular formula is C24H24N2O. The predicted molar refractivity (Wildman–Crippen MR) is 111 cm³/mol. The van der Waals surface area contributed by atoms with Crippen LogP contribution in [0.1, 0.15) is 41.6 Å². The van der Waals surface area contributed by atoms with Gasteiger partial charge in [-0.05, 0) is 53.8 Å². The lowest BCUT2D eigenvalue weighted by atomic mass is 10.0. The summed E-state index contributed by atoms with van der Waals surface area (Å²) < 4.78 is 0. The molecule has 0 aliphatic heterocycles. The summed E-state index contributed by atoms with van der Waals surface area (Å²) in [5.41, 5.74) is 11.2. The molecule has 3 aromatic rings. The minimum atomic E-state index is -0.0999. The van der Waals surface area contributed by atoms with Gasteiger partial charge >= 0.3 is 0 Å². The zero-order valence-corrected chi connectivity index (χ0v) is 15.5. The molecule has 4 rings (SSSR count). The minimum absolute atomic E-state index is 0.0735. The van der Waals surface area contributed by atoms with Gasteiger partial charge in [-0.1, -0.05) is 61.5 Å².